The second-order valence-corrected chi connectivity index (χ2v) is 13.4. The van der Waals surface area contributed by atoms with E-state index in [9.17, 15) is 14.4 Å². The molecule has 10 nitrogen and oxygen atoms in total. The van der Waals surface area contributed by atoms with Crippen molar-refractivity contribution in [3.05, 3.63) is 18.2 Å². The van der Waals surface area contributed by atoms with Gasteiger partial charge in [0.05, 0.1) is 11.6 Å². The first kappa shape index (κ1) is 30.8. The zero-order chi connectivity index (χ0) is 30.1. The Morgan fingerprint density at radius 3 is 2.60 bits per heavy atom. The minimum Gasteiger partial charge on any atom is -0.476 e. The summed E-state index contributed by atoms with van der Waals surface area (Å²) in [5.41, 5.74) is 0.00213. The molecule has 2 saturated heterocycles. The van der Waals surface area contributed by atoms with Crippen molar-refractivity contribution < 1.29 is 28.6 Å². The van der Waals surface area contributed by atoms with E-state index in [1.54, 1.807) is 25.9 Å². The molecule has 0 spiro atoms. The highest BCUT2D eigenvalue weighted by Gasteiger charge is 2.44. The first-order valence-corrected chi connectivity index (χ1v) is 15.6. The zero-order valence-electron chi connectivity index (χ0n) is 25.9. The van der Waals surface area contributed by atoms with E-state index in [0.29, 0.717) is 63.7 Å². The third-order valence-electron chi connectivity index (χ3n) is 9.38. The van der Waals surface area contributed by atoms with E-state index in [-0.39, 0.29) is 41.6 Å². The fourth-order valence-electron chi connectivity index (χ4n) is 6.56. The molecule has 5 rings (SSSR count). The van der Waals surface area contributed by atoms with Gasteiger partial charge in [0.2, 0.25) is 11.8 Å². The van der Waals surface area contributed by atoms with Crippen molar-refractivity contribution in [1.82, 2.24) is 10.6 Å². The molecule has 4 aliphatic rings. The maximum atomic E-state index is 14.1. The Morgan fingerprint density at radius 1 is 1.17 bits per heavy atom. The van der Waals surface area contributed by atoms with Gasteiger partial charge in [-0.2, -0.15) is 0 Å². The minimum atomic E-state index is -0.972. The van der Waals surface area contributed by atoms with Gasteiger partial charge >= 0.3 is 0 Å². The van der Waals surface area contributed by atoms with Gasteiger partial charge < -0.3 is 34.6 Å². The van der Waals surface area contributed by atoms with Crippen LogP contribution in [-0.2, 0) is 23.9 Å². The van der Waals surface area contributed by atoms with Gasteiger partial charge in [-0.05, 0) is 76.5 Å². The number of fused-ring (bicyclic) bond motifs is 1. The Labute approximate surface area is 249 Å². The number of benzene rings is 1. The van der Waals surface area contributed by atoms with Gasteiger partial charge in [-0.1, -0.05) is 13.8 Å². The van der Waals surface area contributed by atoms with Crippen LogP contribution < -0.4 is 25.2 Å². The van der Waals surface area contributed by atoms with Crippen LogP contribution >= 0.6 is 0 Å². The van der Waals surface area contributed by atoms with Crippen LogP contribution in [0.4, 0.5) is 11.4 Å². The van der Waals surface area contributed by atoms with Crippen LogP contribution in [0.15, 0.2) is 18.2 Å². The zero-order valence-corrected chi connectivity index (χ0v) is 25.9. The summed E-state index contributed by atoms with van der Waals surface area (Å²) in [6.45, 7) is 11.3. The topological polar surface area (TPSA) is 109 Å². The van der Waals surface area contributed by atoms with Crippen molar-refractivity contribution in [2.75, 3.05) is 56.4 Å². The van der Waals surface area contributed by atoms with Crippen LogP contribution in [0.2, 0.25) is 0 Å². The molecule has 3 amide bonds. The van der Waals surface area contributed by atoms with Gasteiger partial charge in [0.1, 0.15) is 5.75 Å². The number of hydrogen-bond donors (Lipinski definition) is 2. The summed E-state index contributed by atoms with van der Waals surface area (Å²) in [6.07, 6.45) is 4.96. The van der Waals surface area contributed by atoms with Crippen molar-refractivity contribution in [3.8, 4) is 5.75 Å². The van der Waals surface area contributed by atoms with Gasteiger partial charge in [0.15, 0.2) is 5.60 Å². The molecule has 2 N–H and O–H groups in total. The molecule has 3 fully saturated rings. The van der Waals surface area contributed by atoms with Gasteiger partial charge in [0.25, 0.3) is 5.91 Å². The number of anilines is 2. The maximum Gasteiger partial charge on any atom is 0.270 e. The number of amides is 3. The summed E-state index contributed by atoms with van der Waals surface area (Å²) in [5.74, 6) is 0.655. The van der Waals surface area contributed by atoms with Crippen LogP contribution in [0, 0.1) is 17.3 Å². The number of piperidine rings is 1. The number of hydrogen-bond acceptors (Lipinski definition) is 7. The molecule has 42 heavy (non-hydrogen) atoms. The number of carbonyl (C=O) groups is 3. The number of nitrogens with one attached hydrogen (secondary N) is 2. The van der Waals surface area contributed by atoms with E-state index < -0.39 is 11.0 Å². The first-order chi connectivity index (χ1) is 20.0. The number of rotatable bonds is 10. The Morgan fingerprint density at radius 2 is 1.90 bits per heavy atom. The van der Waals surface area contributed by atoms with E-state index in [2.05, 4.69) is 10.6 Å². The smallest absolute Gasteiger partial charge is 0.270 e. The Hall–Kier alpha value is -2.69. The molecule has 0 bridgehead atoms. The lowest BCUT2D eigenvalue weighted by molar-refractivity contribution is -0.136. The average Bonchev–Trinajstić information content (AvgIpc) is 3.81. The lowest BCUT2D eigenvalue weighted by atomic mass is 9.73. The maximum absolute atomic E-state index is 14.1. The number of methoxy groups -OCH3 is 1. The predicted molar refractivity (Wildman–Crippen MR) is 161 cm³/mol. The van der Waals surface area contributed by atoms with E-state index in [1.165, 1.54) is 0 Å². The molecule has 3 heterocycles. The molecular weight excluding hydrogens is 536 g/mol. The average molecular weight is 585 g/mol. The molecule has 0 aromatic heterocycles. The number of ether oxygens (including phenoxy) is 3. The van der Waals surface area contributed by atoms with Crippen molar-refractivity contribution in [3.63, 3.8) is 0 Å². The fourth-order valence-corrected chi connectivity index (χ4v) is 6.56. The van der Waals surface area contributed by atoms with E-state index in [1.807, 2.05) is 36.9 Å². The summed E-state index contributed by atoms with van der Waals surface area (Å²) < 4.78 is 16.8. The van der Waals surface area contributed by atoms with Crippen LogP contribution in [0.3, 0.4) is 0 Å². The van der Waals surface area contributed by atoms with Crippen molar-refractivity contribution in [2.45, 2.75) is 83.9 Å². The molecule has 1 aliphatic carbocycles. The molecule has 1 unspecified atom stereocenters. The normalized spacial score (nSPS) is 24.5. The highest BCUT2D eigenvalue weighted by Crippen LogP contribution is 2.43. The van der Waals surface area contributed by atoms with E-state index in [0.717, 1.165) is 31.4 Å². The second-order valence-electron chi connectivity index (χ2n) is 13.4. The quantitative estimate of drug-likeness (QED) is 0.407. The Balaban J connectivity index is 1.31. The minimum absolute atomic E-state index is 0.0455. The van der Waals surface area contributed by atoms with Crippen LogP contribution in [-0.4, -0.2) is 82.0 Å². The summed E-state index contributed by atoms with van der Waals surface area (Å²) in [4.78, 5) is 44.5. The second kappa shape index (κ2) is 12.5. The van der Waals surface area contributed by atoms with Gasteiger partial charge in [0, 0.05) is 69.8 Å². The monoisotopic (exact) mass is 584 g/mol. The van der Waals surface area contributed by atoms with E-state index >= 15 is 0 Å². The lowest BCUT2D eigenvalue weighted by Crippen LogP contribution is -2.56. The molecule has 2 atom stereocenters. The molecule has 1 aromatic carbocycles. The third-order valence-corrected chi connectivity index (χ3v) is 9.38. The van der Waals surface area contributed by atoms with Crippen molar-refractivity contribution in [1.29, 1.82) is 0 Å². The van der Waals surface area contributed by atoms with Crippen molar-refractivity contribution >= 4 is 29.1 Å². The lowest BCUT2D eigenvalue weighted by Gasteiger charge is -2.40. The highest BCUT2D eigenvalue weighted by molar-refractivity contribution is 6.04. The molecule has 0 radical (unpaired) electrons. The summed E-state index contributed by atoms with van der Waals surface area (Å²) in [6, 6.07) is 5.76. The van der Waals surface area contributed by atoms with Crippen molar-refractivity contribution in [2.24, 2.45) is 17.3 Å². The van der Waals surface area contributed by atoms with Crippen LogP contribution in [0.25, 0.3) is 0 Å². The molecule has 1 aromatic rings. The molecule has 3 aliphatic heterocycles. The van der Waals surface area contributed by atoms with Gasteiger partial charge in [-0.25, -0.2) is 0 Å². The summed E-state index contributed by atoms with van der Waals surface area (Å²) in [5, 5.41) is 6.67. The third kappa shape index (κ3) is 6.45. The molecular formula is C32H48N4O6. The SMILES string of the molecule is COCCCN1C(=O)C(C)(C)Oc2ccc(N(C(=O)[C@H]3CNCC(NC(=O)C(C)(C)C4CCOCC4)C3)C3CC3)cc21. The standard InChI is InChI=1S/C32H48N4O6/c1-31(2,22-11-15-41-16-12-22)29(38)34-23-17-21(19-33-20-23)28(37)36(24-7-8-24)25-9-10-27-26(18-25)35(13-6-14-40-5)30(39)32(3,4)42-27/h9-10,18,21-24,33H,6-8,11-17,19-20H2,1-5H3,(H,34,38)/t21-,23?/m1/s1. The highest BCUT2D eigenvalue weighted by atomic mass is 16.5. The molecule has 232 valence electrons. The largest absolute Gasteiger partial charge is 0.476 e. The van der Waals surface area contributed by atoms with Crippen LogP contribution in [0.5, 0.6) is 5.75 Å². The first-order valence-electron chi connectivity index (χ1n) is 15.6. The predicted octanol–water partition coefficient (Wildman–Crippen LogP) is 3.27. The summed E-state index contributed by atoms with van der Waals surface area (Å²) >= 11 is 0. The van der Waals surface area contributed by atoms with Gasteiger partial charge in [-0.3, -0.25) is 14.4 Å². The summed E-state index contributed by atoms with van der Waals surface area (Å²) in [7, 11) is 1.65. The van der Waals surface area contributed by atoms with Gasteiger partial charge in [-0.15, -0.1) is 0 Å². The number of nitrogens with zero attached hydrogens (tertiary/aromatic N) is 2. The van der Waals surface area contributed by atoms with Crippen LogP contribution in [0.1, 0.15) is 66.2 Å². The number of carbonyl (C=O) groups excluding carboxylic acids is 3. The Bertz CT molecular complexity index is 1160. The Kier molecular flexibility index (Phi) is 9.16. The van der Waals surface area contributed by atoms with E-state index in [4.69, 9.17) is 14.2 Å². The fraction of sp³-hybridized carbons (Fsp3) is 0.719. The molecule has 10 heteroatoms. The molecule has 1 saturated carbocycles.